The molecule has 1 aromatic heterocycles. The topological polar surface area (TPSA) is 85.5 Å². The SMILES string of the molecule is CC(=O)N(c1ccccc1)c1nc(COc2cc(C)ccc2C(N)=O)cs1. The minimum absolute atomic E-state index is 0.127. The fourth-order valence-corrected chi connectivity index (χ4v) is 3.45. The Labute approximate surface area is 161 Å². The van der Waals surface area contributed by atoms with Gasteiger partial charge in [-0.3, -0.25) is 14.5 Å². The van der Waals surface area contributed by atoms with E-state index in [1.165, 1.54) is 18.3 Å². The average Bonchev–Trinajstić information content (AvgIpc) is 3.09. The molecule has 7 heteroatoms. The van der Waals surface area contributed by atoms with E-state index in [1.54, 1.807) is 23.1 Å². The van der Waals surface area contributed by atoms with E-state index in [1.807, 2.05) is 42.6 Å². The van der Waals surface area contributed by atoms with Crippen molar-refractivity contribution in [2.24, 2.45) is 5.73 Å². The molecule has 0 saturated carbocycles. The van der Waals surface area contributed by atoms with Crippen molar-refractivity contribution in [1.82, 2.24) is 4.98 Å². The van der Waals surface area contributed by atoms with E-state index < -0.39 is 5.91 Å². The third kappa shape index (κ3) is 4.32. The van der Waals surface area contributed by atoms with Crippen molar-refractivity contribution in [2.75, 3.05) is 4.90 Å². The second-order valence-corrected chi connectivity index (χ2v) is 6.80. The molecule has 0 spiro atoms. The number of primary amides is 1. The Kier molecular flexibility index (Phi) is 5.52. The minimum atomic E-state index is -0.546. The lowest BCUT2D eigenvalue weighted by molar-refractivity contribution is -0.115. The van der Waals surface area contributed by atoms with Crippen molar-refractivity contribution in [1.29, 1.82) is 0 Å². The molecule has 2 N–H and O–H groups in total. The third-order valence-electron chi connectivity index (χ3n) is 3.84. The van der Waals surface area contributed by atoms with E-state index in [2.05, 4.69) is 4.98 Å². The van der Waals surface area contributed by atoms with Gasteiger partial charge in [-0.15, -0.1) is 11.3 Å². The van der Waals surface area contributed by atoms with E-state index in [0.29, 0.717) is 22.1 Å². The zero-order valence-electron chi connectivity index (χ0n) is 15.0. The van der Waals surface area contributed by atoms with Crippen molar-refractivity contribution in [3.8, 4) is 5.75 Å². The van der Waals surface area contributed by atoms with Crippen molar-refractivity contribution >= 4 is 34.0 Å². The van der Waals surface area contributed by atoms with Crippen LogP contribution in [0.5, 0.6) is 5.75 Å². The normalized spacial score (nSPS) is 10.4. The van der Waals surface area contributed by atoms with Gasteiger partial charge in [0, 0.05) is 12.3 Å². The standard InChI is InChI=1S/C20H19N3O3S/c1-13-8-9-17(19(21)25)18(10-13)26-11-15-12-27-20(22-15)23(14(2)24)16-6-4-3-5-7-16/h3-10,12H,11H2,1-2H3,(H2,21,25). The molecule has 3 aromatic rings. The Morgan fingerprint density at radius 2 is 1.93 bits per heavy atom. The monoisotopic (exact) mass is 381 g/mol. The number of ether oxygens (including phenoxy) is 1. The van der Waals surface area contributed by atoms with Gasteiger partial charge in [-0.2, -0.15) is 0 Å². The summed E-state index contributed by atoms with van der Waals surface area (Å²) < 4.78 is 5.76. The summed E-state index contributed by atoms with van der Waals surface area (Å²) in [6, 6.07) is 14.5. The highest BCUT2D eigenvalue weighted by Crippen LogP contribution is 2.29. The van der Waals surface area contributed by atoms with Crippen LogP contribution in [0.15, 0.2) is 53.9 Å². The van der Waals surface area contributed by atoms with Gasteiger partial charge < -0.3 is 10.5 Å². The summed E-state index contributed by atoms with van der Waals surface area (Å²) in [5, 5.41) is 2.39. The van der Waals surface area contributed by atoms with Crippen LogP contribution in [-0.4, -0.2) is 16.8 Å². The lowest BCUT2D eigenvalue weighted by Crippen LogP contribution is -2.22. The summed E-state index contributed by atoms with van der Waals surface area (Å²) in [5.41, 5.74) is 8.09. The molecule has 0 atom stereocenters. The molecular weight excluding hydrogens is 362 g/mol. The number of amides is 2. The number of hydrogen-bond acceptors (Lipinski definition) is 5. The molecule has 0 aliphatic carbocycles. The number of nitrogens with two attached hydrogens (primary N) is 1. The Bertz CT molecular complexity index is 970. The number of thiazole rings is 1. The zero-order chi connectivity index (χ0) is 19.4. The number of aryl methyl sites for hydroxylation is 1. The van der Waals surface area contributed by atoms with Crippen molar-refractivity contribution in [3.05, 3.63) is 70.7 Å². The van der Waals surface area contributed by atoms with Crippen LogP contribution >= 0.6 is 11.3 Å². The van der Waals surface area contributed by atoms with Gasteiger partial charge in [0.2, 0.25) is 5.91 Å². The van der Waals surface area contributed by atoms with Crippen LogP contribution in [0.4, 0.5) is 10.8 Å². The van der Waals surface area contributed by atoms with Gasteiger partial charge in [0.1, 0.15) is 12.4 Å². The Hall–Kier alpha value is -3.19. The molecule has 0 bridgehead atoms. The summed E-state index contributed by atoms with van der Waals surface area (Å²) in [5.74, 6) is -0.253. The average molecular weight is 381 g/mol. The predicted octanol–water partition coefficient (Wildman–Crippen LogP) is 3.81. The first kappa shape index (κ1) is 18.6. The minimum Gasteiger partial charge on any atom is -0.486 e. The molecule has 6 nitrogen and oxygen atoms in total. The molecular formula is C20H19N3O3S. The Morgan fingerprint density at radius 1 is 1.19 bits per heavy atom. The van der Waals surface area contributed by atoms with Crippen LogP contribution < -0.4 is 15.4 Å². The summed E-state index contributed by atoms with van der Waals surface area (Å²) in [4.78, 5) is 29.7. The molecule has 0 aliphatic heterocycles. The maximum Gasteiger partial charge on any atom is 0.252 e. The first-order valence-electron chi connectivity index (χ1n) is 8.29. The highest BCUT2D eigenvalue weighted by Gasteiger charge is 2.18. The molecule has 0 aliphatic rings. The number of carbonyl (C=O) groups is 2. The second kappa shape index (κ2) is 8.01. The molecule has 1 heterocycles. The van der Waals surface area contributed by atoms with Crippen LogP contribution in [-0.2, 0) is 11.4 Å². The summed E-state index contributed by atoms with van der Waals surface area (Å²) in [6.45, 7) is 3.57. The lowest BCUT2D eigenvalue weighted by atomic mass is 10.1. The zero-order valence-corrected chi connectivity index (χ0v) is 15.8. The fourth-order valence-electron chi connectivity index (χ4n) is 2.57. The van der Waals surface area contributed by atoms with Gasteiger partial charge in [0.15, 0.2) is 5.13 Å². The molecule has 0 saturated heterocycles. The van der Waals surface area contributed by atoms with E-state index in [0.717, 1.165) is 11.3 Å². The number of anilines is 2. The van der Waals surface area contributed by atoms with Gasteiger partial charge in [0.05, 0.1) is 16.9 Å². The predicted molar refractivity (Wildman–Crippen MR) is 105 cm³/mol. The molecule has 0 radical (unpaired) electrons. The Morgan fingerprint density at radius 3 is 2.59 bits per heavy atom. The first-order chi connectivity index (χ1) is 13.0. The number of aromatic nitrogens is 1. The van der Waals surface area contributed by atoms with Gasteiger partial charge in [-0.25, -0.2) is 4.98 Å². The number of nitrogens with zero attached hydrogens (tertiary/aromatic N) is 2. The van der Waals surface area contributed by atoms with Crippen molar-refractivity contribution < 1.29 is 14.3 Å². The van der Waals surface area contributed by atoms with Gasteiger partial charge in [-0.05, 0) is 36.8 Å². The van der Waals surface area contributed by atoms with Crippen molar-refractivity contribution in [3.63, 3.8) is 0 Å². The number of para-hydroxylation sites is 1. The first-order valence-corrected chi connectivity index (χ1v) is 9.17. The van der Waals surface area contributed by atoms with Gasteiger partial charge >= 0.3 is 0 Å². The van der Waals surface area contributed by atoms with Gasteiger partial charge in [-0.1, -0.05) is 24.3 Å². The van der Waals surface area contributed by atoms with Crippen molar-refractivity contribution in [2.45, 2.75) is 20.5 Å². The molecule has 0 fully saturated rings. The number of hydrogen-bond donors (Lipinski definition) is 1. The summed E-state index contributed by atoms with van der Waals surface area (Å²) in [6.07, 6.45) is 0. The number of benzene rings is 2. The quantitative estimate of drug-likeness (QED) is 0.703. The maximum atomic E-state index is 12.1. The second-order valence-electron chi connectivity index (χ2n) is 5.96. The molecule has 2 amide bonds. The highest BCUT2D eigenvalue weighted by molar-refractivity contribution is 7.14. The lowest BCUT2D eigenvalue weighted by Gasteiger charge is -2.17. The highest BCUT2D eigenvalue weighted by atomic mass is 32.1. The van der Waals surface area contributed by atoms with Crippen LogP contribution in [0.2, 0.25) is 0 Å². The van der Waals surface area contributed by atoms with Crippen LogP contribution in [0.1, 0.15) is 28.5 Å². The van der Waals surface area contributed by atoms with Gasteiger partial charge in [0.25, 0.3) is 5.91 Å². The van der Waals surface area contributed by atoms with Crippen LogP contribution in [0.25, 0.3) is 0 Å². The fraction of sp³-hybridized carbons (Fsp3) is 0.150. The van der Waals surface area contributed by atoms with E-state index in [9.17, 15) is 9.59 Å². The largest absolute Gasteiger partial charge is 0.486 e. The smallest absolute Gasteiger partial charge is 0.252 e. The molecule has 27 heavy (non-hydrogen) atoms. The van der Waals surface area contributed by atoms with E-state index in [4.69, 9.17) is 10.5 Å². The summed E-state index contributed by atoms with van der Waals surface area (Å²) in [7, 11) is 0. The van der Waals surface area contributed by atoms with Crippen LogP contribution in [0, 0.1) is 6.92 Å². The number of carbonyl (C=O) groups excluding carboxylic acids is 2. The summed E-state index contributed by atoms with van der Waals surface area (Å²) >= 11 is 1.35. The number of rotatable bonds is 6. The Balaban J connectivity index is 1.80. The molecule has 0 unspecified atom stereocenters. The maximum absolute atomic E-state index is 12.1. The van der Waals surface area contributed by atoms with E-state index in [-0.39, 0.29) is 12.5 Å². The van der Waals surface area contributed by atoms with Crippen LogP contribution in [0.3, 0.4) is 0 Å². The van der Waals surface area contributed by atoms with E-state index >= 15 is 0 Å². The molecule has 138 valence electrons. The molecule has 2 aromatic carbocycles. The third-order valence-corrected chi connectivity index (χ3v) is 4.71. The molecule has 3 rings (SSSR count).